The van der Waals surface area contributed by atoms with E-state index in [0.29, 0.717) is 12.2 Å². The fraction of sp³-hybridized carbons (Fsp3) is 0.407. The highest BCUT2D eigenvalue weighted by molar-refractivity contribution is 8.04. The van der Waals surface area contributed by atoms with Gasteiger partial charge in [0.15, 0.2) is 5.82 Å². The highest BCUT2D eigenvalue weighted by atomic mass is 32.2. The molecule has 2 aliphatic heterocycles. The Kier molecular flexibility index (Phi) is 7.90. The molecule has 184 valence electrons. The van der Waals surface area contributed by atoms with Gasteiger partial charge in [0.25, 0.3) is 0 Å². The third-order valence-corrected chi connectivity index (χ3v) is 8.08. The molecule has 2 unspecified atom stereocenters. The number of amides is 1. The second-order valence-electron chi connectivity index (χ2n) is 9.04. The molecule has 2 aromatic rings. The maximum absolute atomic E-state index is 13.3. The van der Waals surface area contributed by atoms with Crippen LogP contribution in [0.1, 0.15) is 37.8 Å². The van der Waals surface area contributed by atoms with Crippen molar-refractivity contribution < 1.29 is 14.7 Å². The number of benzene rings is 1. The minimum absolute atomic E-state index is 0.0853. The van der Waals surface area contributed by atoms with Crippen LogP contribution in [-0.2, 0) is 22.4 Å². The third-order valence-electron chi connectivity index (χ3n) is 6.56. The van der Waals surface area contributed by atoms with Gasteiger partial charge in [0.05, 0.1) is 11.2 Å². The zero-order valence-corrected chi connectivity index (χ0v) is 21.1. The Hall–Kier alpha value is -3.13. The average molecular weight is 493 g/mol. The van der Waals surface area contributed by atoms with Crippen LogP contribution in [0.25, 0.3) is 11.4 Å². The van der Waals surface area contributed by atoms with Crippen molar-refractivity contribution in [1.82, 2.24) is 20.2 Å². The Morgan fingerprint density at radius 2 is 1.83 bits per heavy atom. The predicted octanol–water partition coefficient (Wildman–Crippen LogP) is 4.06. The number of hydrogen-bond acceptors (Lipinski definition) is 6. The summed E-state index contributed by atoms with van der Waals surface area (Å²) in [6, 6.07) is 7.43. The van der Waals surface area contributed by atoms with E-state index in [1.807, 2.05) is 36.7 Å². The Morgan fingerprint density at radius 3 is 2.40 bits per heavy atom. The quantitative estimate of drug-likeness (QED) is 0.516. The van der Waals surface area contributed by atoms with E-state index in [1.165, 1.54) is 4.91 Å². The van der Waals surface area contributed by atoms with E-state index >= 15 is 0 Å². The van der Waals surface area contributed by atoms with Crippen LogP contribution in [0.2, 0.25) is 0 Å². The van der Waals surface area contributed by atoms with Gasteiger partial charge < -0.3 is 15.3 Å². The summed E-state index contributed by atoms with van der Waals surface area (Å²) in [6.07, 6.45) is 9.20. The number of carboxylic acid groups (broad SMARTS) is 1. The van der Waals surface area contributed by atoms with Gasteiger partial charge in [0.2, 0.25) is 5.91 Å². The van der Waals surface area contributed by atoms with E-state index in [2.05, 4.69) is 41.8 Å². The normalized spacial score (nSPS) is 18.5. The van der Waals surface area contributed by atoms with Crippen molar-refractivity contribution in [3.05, 3.63) is 71.0 Å². The van der Waals surface area contributed by atoms with Gasteiger partial charge in [-0.1, -0.05) is 50.8 Å². The van der Waals surface area contributed by atoms with Crippen molar-refractivity contribution in [2.45, 2.75) is 50.8 Å². The summed E-state index contributed by atoms with van der Waals surface area (Å²) in [7, 11) is 0. The number of aromatic nitrogens is 2. The largest absolute Gasteiger partial charge is 0.481 e. The molecule has 3 heterocycles. The molecule has 0 saturated carbocycles. The van der Waals surface area contributed by atoms with Gasteiger partial charge in [0, 0.05) is 43.2 Å². The van der Waals surface area contributed by atoms with E-state index in [0.717, 1.165) is 41.6 Å². The third kappa shape index (κ3) is 5.93. The number of likely N-dealkylation sites (tertiary alicyclic amines) is 1. The molecule has 2 atom stereocenters. The second kappa shape index (κ2) is 11.1. The van der Waals surface area contributed by atoms with Crippen LogP contribution in [0.15, 0.2) is 59.9 Å². The Morgan fingerprint density at radius 1 is 1.14 bits per heavy atom. The van der Waals surface area contributed by atoms with Crippen molar-refractivity contribution in [1.29, 1.82) is 0 Å². The number of carbonyl (C=O) groups is 2. The predicted molar refractivity (Wildman–Crippen MR) is 139 cm³/mol. The first-order valence-electron chi connectivity index (χ1n) is 12.1. The number of aryl methyl sites for hydroxylation is 1. The summed E-state index contributed by atoms with van der Waals surface area (Å²) in [6.45, 7) is 8.95. The van der Waals surface area contributed by atoms with Gasteiger partial charge in [0.1, 0.15) is 6.04 Å². The molecule has 1 fully saturated rings. The molecule has 0 radical (unpaired) electrons. The molecule has 35 heavy (non-hydrogen) atoms. The summed E-state index contributed by atoms with van der Waals surface area (Å²) in [4.78, 5) is 36.4. The van der Waals surface area contributed by atoms with Crippen molar-refractivity contribution in [3.8, 4) is 11.4 Å². The Bertz CT molecular complexity index is 1110. The maximum atomic E-state index is 13.3. The van der Waals surface area contributed by atoms with E-state index in [1.54, 1.807) is 16.7 Å². The Balaban J connectivity index is 1.45. The molecule has 2 aliphatic rings. The van der Waals surface area contributed by atoms with Crippen LogP contribution in [0, 0.1) is 5.92 Å². The van der Waals surface area contributed by atoms with E-state index < -0.39 is 17.9 Å². The zero-order valence-electron chi connectivity index (χ0n) is 20.2. The molecule has 8 heteroatoms. The lowest BCUT2D eigenvalue weighted by Gasteiger charge is -2.39. The minimum Gasteiger partial charge on any atom is -0.481 e. The van der Waals surface area contributed by atoms with Gasteiger partial charge in [-0.25, -0.2) is 9.97 Å². The molecule has 1 amide bonds. The number of aliphatic carboxylic acids is 1. The monoisotopic (exact) mass is 492 g/mol. The molecular weight excluding hydrogens is 460 g/mol. The van der Waals surface area contributed by atoms with E-state index in [-0.39, 0.29) is 24.2 Å². The van der Waals surface area contributed by atoms with Crippen LogP contribution in [-0.4, -0.2) is 56.2 Å². The van der Waals surface area contributed by atoms with Crippen molar-refractivity contribution in [2.75, 3.05) is 13.1 Å². The smallest absolute Gasteiger partial charge is 0.310 e. The Labute approximate surface area is 210 Å². The number of nitrogens with zero attached hydrogens (tertiary/aromatic N) is 3. The van der Waals surface area contributed by atoms with Crippen LogP contribution in [0.3, 0.4) is 0 Å². The molecule has 7 nitrogen and oxygen atoms in total. The van der Waals surface area contributed by atoms with Gasteiger partial charge in [-0.05, 0) is 35.3 Å². The molecule has 1 aromatic heterocycles. The van der Waals surface area contributed by atoms with Crippen LogP contribution >= 0.6 is 11.8 Å². The lowest BCUT2D eigenvalue weighted by atomic mass is 9.96. The molecule has 2 N–H and O–H groups in total. The fourth-order valence-electron chi connectivity index (χ4n) is 4.22. The standard InChI is InChI=1S/C27H32N4O3S/c1-4-18-13-28-25(29-14-18)20-8-6-19(7-9-20)12-23(26(32)31-15-21(16-31)27(33)34)30-17(3)24-11-10-22(5-2)35-24/h6-10,13-14,21,23-24,30H,3-5,11-12,15-16H2,1-2H3,(H,33,34). The molecule has 1 saturated heterocycles. The molecule has 0 bridgehead atoms. The van der Waals surface area contributed by atoms with Gasteiger partial charge >= 0.3 is 5.97 Å². The highest BCUT2D eigenvalue weighted by Gasteiger charge is 2.38. The van der Waals surface area contributed by atoms with Crippen LogP contribution in [0.5, 0.6) is 0 Å². The molecule has 0 spiro atoms. The summed E-state index contributed by atoms with van der Waals surface area (Å²) in [5.41, 5.74) is 3.85. The van der Waals surface area contributed by atoms with Crippen molar-refractivity contribution in [3.63, 3.8) is 0 Å². The molecule has 4 rings (SSSR count). The fourth-order valence-corrected chi connectivity index (χ4v) is 5.35. The number of hydrogen-bond donors (Lipinski definition) is 2. The van der Waals surface area contributed by atoms with E-state index in [9.17, 15) is 14.7 Å². The van der Waals surface area contributed by atoms with E-state index in [4.69, 9.17) is 0 Å². The topological polar surface area (TPSA) is 95.4 Å². The summed E-state index contributed by atoms with van der Waals surface area (Å²) >= 11 is 1.80. The van der Waals surface area contributed by atoms with Gasteiger partial charge in [-0.15, -0.1) is 11.8 Å². The summed E-state index contributed by atoms with van der Waals surface area (Å²) in [5.74, 6) is -0.750. The number of carbonyl (C=O) groups excluding carboxylic acids is 1. The second-order valence-corrected chi connectivity index (χ2v) is 10.4. The number of allylic oxidation sites excluding steroid dienone is 2. The zero-order chi connectivity index (χ0) is 24.9. The van der Waals surface area contributed by atoms with Gasteiger partial charge in [-0.3, -0.25) is 9.59 Å². The first kappa shape index (κ1) is 25.0. The van der Waals surface area contributed by atoms with Crippen LogP contribution in [0.4, 0.5) is 0 Å². The van der Waals surface area contributed by atoms with Crippen molar-refractivity contribution in [2.24, 2.45) is 5.92 Å². The molecular formula is C27H32N4O3S. The minimum atomic E-state index is -0.853. The lowest BCUT2D eigenvalue weighted by Crippen LogP contribution is -2.58. The first-order valence-corrected chi connectivity index (χ1v) is 13.0. The lowest BCUT2D eigenvalue weighted by molar-refractivity contribution is -0.153. The number of thioether (sulfide) groups is 1. The SMILES string of the molecule is C=C(NC(Cc1ccc(-c2ncc(CC)cn2)cc1)C(=O)N1CC(C(=O)O)C1)C1CC=C(CC)S1. The average Bonchev–Trinajstić information content (AvgIpc) is 3.32. The maximum Gasteiger partial charge on any atom is 0.310 e. The van der Waals surface area contributed by atoms with Gasteiger partial charge in [-0.2, -0.15) is 0 Å². The number of nitrogens with one attached hydrogen (secondary N) is 1. The molecule has 0 aliphatic carbocycles. The number of rotatable bonds is 10. The summed E-state index contributed by atoms with van der Waals surface area (Å²) < 4.78 is 0. The van der Waals surface area contributed by atoms with Crippen LogP contribution < -0.4 is 5.32 Å². The highest BCUT2D eigenvalue weighted by Crippen LogP contribution is 2.37. The summed E-state index contributed by atoms with van der Waals surface area (Å²) in [5, 5.41) is 12.8. The number of carboxylic acids is 1. The molecule has 1 aromatic carbocycles. The van der Waals surface area contributed by atoms with Crippen molar-refractivity contribution >= 4 is 23.6 Å². The first-order chi connectivity index (χ1) is 16.9.